The zero-order valence-electron chi connectivity index (χ0n) is 12.9. The van der Waals surface area contributed by atoms with Crippen molar-refractivity contribution in [2.45, 2.75) is 32.9 Å². The first kappa shape index (κ1) is 16.2. The van der Waals surface area contributed by atoms with Crippen LogP contribution < -0.4 is 5.32 Å². The van der Waals surface area contributed by atoms with E-state index in [2.05, 4.69) is 57.2 Å². The molecule has 0 spiro atoms. The second-order valence-electron chi connectivity index (χ2n) is 5.88. The maximum atomic E-state index is 10.5. The molecule has 0 radical (unpaired) electrons. The predicted octanol–water partition coefficient (Wildman–Crippen LogP) is 2.20. The molecule has 2 N–H and O–H groups in total. The summed E-state index contributed by atoms with van der Waals surface area (Å²) >= 11 is 0. The van der Waals surface area contributed by atoms with E-state index in [1.807, 2.05) is 12.1 Å². The van der Waals surface area contributed by atoms with Crippen molar-refractivity contribution in [1.82, 2.24) is 10.2 Å². The second-order valence-corrected chi connectivity index (χ2v) is 5.88. The number of aliphatic hydroxyl groups excluding tert-OH is 1. The molecule has 0 aliphatic rings. The Balaban J connectivity index is 2.67. The molecule has 1 aromatic carbocycles. The van der Waals surface area contributed by atoms with Crippen LogP contribution in [0.1, 0.15) is 31.1 Å². The Morgan fingerprint density at radius 2 is 1.74 bits per heavy atom. The lowest BCUT2D eigenvalue weighted by Gasteiger charge is -2.28. The molecular weight excluding hydrogens is 236 g/mol. The van der Waals surface area contributed by atoms with E-state index in [9.17, 15) is 5.11 Å². The van der Waals surface area contributed by atoms with Crippen LogP contribution in [0, 0.1) is 12.8 Å². The Bertz CT molecular complexity index is 360. The Hall–Kier alpha value is -0.900. The van der Waals surface area contributed by atoms with E-state index < -0.39 is 6.10 Å². The summed E-state index contributed by atoms with van der Waals surface area (Å²) in [6, 6.07) is 8.22. The van der Waals surface area contributed by atoms with Crippen LogP contribution in [0.15, 0.2) is 24.3 Å². The highest BCUT2D eigenvalue weighted by Gasteiger charge is 2.23. The van der Waals surface area contributed by atoms with E-state index in [0.29, 0.717) is 5.92 Å². The maximum Gasteiger partial charge on any atom is 0.0945 e. The number of nitrogens with one attached hydrogen (secondary N) is 1. The van der Waals surface area contributed by atoms with Crippen LogP contribution >= 0.6 is 0 Å². The molecule has 0 aromatic heterocycles. The summed E-state index contributed by atoms with van der Waals surface area (Å²) < 4.78 is 0. The van der Waals surface area contributed by atoms with Crippen molar-refractivity contribution in [3.8, 4) is 0 Å². The third-order valence-electron chi connectivity index (χ3n) is 3.42. The molecule has 0 saturated carbocycles. The minimum absolute atomic E-state index is 0.0858. The van der Waals surface area contributed by atoms with Crippen LogP contribution in [-0.4, -0.2) is 43.2 Å². The van der Waals surface area contributed by atoms with Gasteiger partial charge in [-0.05, 0) is 32.5 Å². The van der Waals surface area contributed by atoms with Gasteiger partial charge in [-0.15, -0.1) is 0 Å². The molecular formula is C16H28N2O. The monoisotopic (exact) mass is 264 g/mol. The van der Waals surface area contributed by atoms with Gasteiger partial charge in [-0.25, -0.2) is 0 Å². The van der Waals surface area contributed by atoms with Gasteiger partial charge in [-0.3, -0.25) is 0 Å². The van der Waals surface area contributed by atoms with Crippen LogP contribution in [0.5, 0.6) is 0 Å². The largest absolute Gasteiger partial charge is 0.387 e. The molecule has 108 valence electrons. The van der Waals surface area contributed by atoms with E-state index in [-0.39, 0.29) is 6.04 Å². The summed E-state index contributed by atoms with van der Waals surface area (Å²) in [6.07, 6.45) is -0.456. The van der Waals surface area contributed by atoms with Crippen molar-refractivity contribution >= 4 is 0 Å². The third kappa shape index (κ3) is 5.31. The summed E-state index contributed by atoms with van der Waals surface area (Å²) in [5.41, 5.74) is 2.21. The first-order valence-corrected chi connectivity index (χ1v) is 7.04. The fraction of sp³-hybridized carbons (Fsp3) is 0.625. The van der Waals surface area contributed by atoms with Crippen molar-refractivity contribution in [2.75, 3.05) is 27.2 Å². The number of hydrogen-bond donors (Lipinski definition) is 2. The molecule has 0 fully saturated rings. The zero-order chi connectivity index (χ0) is 14.4. The summed E-state index contributed by atoms with van der Waals surface area (Å²) in [5.74, 6) is 0.387. The Kier molecular flexibility index (Phi) is 6.49. The van der Waals surface area contributed by atoms with Gasteiger partial charge in [0.25, 0.3) is 0 Å². The SMILES string of the molecule is Cc1ccc(C(O)C(NCCN(C)C)C(C)C)cc1. The molecule has 3 heteroatoms. The molecule has 0 heterocycles. The van der Waals surface area contributed by atoms with Crippen molar-refractivity contribution in [3.05, 3.63) is 35.4 Å². The van der Waals surface area contributed by atoms with Crippen LogP contribution in [0.2, 0.25) is 0 Å². The van der Waals surface area contributed by atoms with Gasteiger partial charge >= 0.3 is 0 Å². The Morgan fingerprint density at radius 3 is 2.21 bits per heavy atom. The highest BCUT2D eigenvalue weighted by Crippen LogP contribution is 2.22. The van der Waals surface area contributed by atoms with Crippen LogP contribution in [0.3, 0.4) is 0 Å². The highest BCUT2D eigenvalue weighted by molar-refractivity contribution is 5.24. The summed E-state index contributed by atoms with van der Waals surface area (Å²) in [4.78, 5) is 2.14. The molecule has 0 bridgehead atoms. The lowest BCUT2D eigenvalue weighted by atomic mass is 9.93. The predicted molar refractivity (Wildman–Crippen MR) is 81.3 cm³/mol. The maximum absolute atomic E-state index is 10.5. The summed E-state index contributed by atoms with van der Waals surface area (Å²) in [6.45, 7) is 8.21. The highest BCUT2D eigenvalue weighted by atomic mass is 16.3. The minimum Gasteiger partial charge on any atom is -0.387 e. The minimum atomic E-state index is -0.456. The average Bonchev–Trinajstić information content (AvgIpc) is 2.34. The fourth-order valence-corrected chi connectivity index (χ4v) is 2.14. The normalized spacial score (nSPS) is 14.9. The van der Waals surface area contributed by atoms with Gasteiger partial charge in [0.15, 0.2) is 0 Å². The number of hydrogen-bond acceptors (Lipinski definition) is 3. The number of aliphatic hydroxyl groups is 1. The van der Waals surface area contributed by atoms with E-state index in [0.717, 1.165) is 18.7 Å². The first-order chi connectivity index (χ1) is 8.91. The van der Waals surface area contributed by atoms with Crippen LogP contribution in [0.25, 0.3) is 0 Å². The summed E-state index contributed by atoms with van der Waals surface area (Å²) in [5, 5.41) is 14.0. The smallest absolute Gasteiger partial charge is 0.0945 e. The molecule has 1 rings (SSSR count). The van der Waals surface area contributed by atoms with Gasteiger partial charge in [0, 0.05) is 19.1 Å². The van der Waals surface area contributed by atoms with Crippen molar-refractivity contribution in [1.29, 1.82) is 0 Å². The fourth-order valence-electron chi connectivity index (χ4n) is 2.14. The number of nitrogens with zero attached hydrogens (tertiary/aromatic N) is 1. The molecule has 0 saturated heterocycles. The van der Waals surface area contributed by atoms with Gasteiger partial charge in [0.05, 0.1) is 6.10 Å². The van der Waals surface area contributed by atoms with Crippen LogP contribution in [-0.2, 0) is 0 Å². The van der Waals surface area contributed by atoms with Crippen molar-refractivity contribution in [2.24, 2.45) is 5.92 Å². The van der Waals surface area contributed by atoms with Crippen LogP contribution in [0.4, 0.5) is 0 Å². The van der Waals surface area contributed by atoms with E-state index >= 15 is 0 Å². The molecule has 3 nitrogen and oxygen atoms in total. The van der Waals surface area contributed by atoms with Crippen molar-refractivity contribution < 1.29 is 5.11 Å². The van der Waals surface area contributed by atoms with E-state index in [1.165, 1.54) is 5.56 Å². The molecule has 0 aliphatic carbocycles. The molecule has 19 heavy (non-hydrogen) atoms. The second kappa shape index (κ2) is 7.63. The van der Waals surface area contributed by atoms with E-state index in [4.69, 9.17) is 0 Å². The van der Waals surface area contributed by atoms with E-state index in [1.54, 1.807) is 0 Å². The summed E-state index contributed by atoms with van der Waals surface area (Å²) in [7, 11) is 4.12. The lowest BCUT2D eigenvalue weighted by molar-refractivity contribution is 0.104. The van der Waals surface area contributed by atoms with Gasteiger partial charge in [-0.2, -0.15) is 0 Å². The molecule has 2 atom stereocenters. The Labute approximate surface area is 117 Å². The first-order valence-electron chi connectivity index (χ1n) is 7.04. The molecule has 2 unspecified atom stereocenters. The quantitative estimate of drug-likeness (QED) is 0.792. The Morgan fingerprint density at radius 1 is 1.16 bits per heavy atom. The molecule has 0 amide bonds. The average molecular weight is 264 g/mol. The van der Waals surface area contributed by atoms with Gasteiger partial charge < -0.3 is 15.3 Å². The van der Waals surface area contributed by atoms with Gasteiger partial charge in [-0.1, -0.05) is 43.7 Å². The van der Waals surface area contributed by atoms with Gasteiger partial charge in [0.2, 0.25) is 0 Å². The molecule has 1 aromatic rings. The van der Waals surface area contributed by atoms with Gasteiger partial charge in [0.1, 0.15) is 0 Å². The third-order valence-corrected chi connectivity index (χ3v) is 3.42. The number of aryl methyl sites for hydroxylation is 1. The standard InChI is InChI=1S/C16H28N2O/c1-12(2)15(17-10-11-18(4)5)16(19)14-8-6-13(3)7-9-14/h6-9,12,15-17,19H,10-11H2,1-5H3. The number of likely N-dealkylation sites (N-methyl/N-ethyl adjacent to an activating group) is 1. The lowest BCUT2D eigenvalue weighted by Crippen LogP contribution is -2.42. The van der Waals surface area contributed by atoms with Crippen molar-refractivity contribution in [3.63, 3.8) is 0 Å². The topological polar surface area (TPSA) is 35.5 Å². The molecule has 0 aliphatic heterocycles. The number of rotatable bonds is 7. The number of benzene rings is 1. The zero-order valence-corrected chi connectivity index (χ0v) is 12.9.